The molecule has 1 heterocycles. The van der Waals surface area contributed by atoms with Crippen molar-refractivity contribution in [2.45, 2.75) is 13.3 Å². The Labute approximate surface area is 80.6 Å². The van der Waals surface area contributed by atoms with Crippen LogP contribution in [0.15, 0.2) is 6.20 Å². The molecule has 1 unspecified atom stereocenters. The van der Waals surface area contributed by atoms with E-state index in [4.69, 9.17) is 0 Å². The molecule has 0 fully saturated rings. The molecule has 0 aromatic carbocycles. The molecular weight excluding hydrogens is 186 g/mol. The van der Waals surface area contributed by atoms with Gasteiger partial charge in [0, 0.05) is 41.2 Å². The van der Waals surface area contributed by atoms with Gasteiger partial charge in [0.05, 0.1) is 0 Å². The van der Waals surface area contributed by atoms with Crippen LogP contribution in [0.2, 0.25) is 0 Å². The van der Waals surface area contributed by atoms with Crippen LogP contribution < -0.4 is 5.32 Å². The third-order valence-corrected chi connectivity index (χ3v) is 2.47. The number of aromatic amines is 1. The minimum absolute atomic E-state index is 0.689. The van der Waals surface area contributed by atoms with Gasteiger partial charge in [0.15, 0.2) is 5.95 Å². The number of hydrogen-bond donors (Lipinski definition) is 2. The van der Waals surface area contributed by atoms with Crippen LogP contribution in [0.4, 0.5) is 5.95 Å². The quantitative estimate of drug-likeness (QED) is 0.696. The minimum Gasteiger partial charge on any atom is -0.356 e. The highest BCUT2D eigenvalue weighted by molar-refractivity contribution is 7.84. The summed E-state index contributed by atoms with van der Waals surface area (Å²) < 4.78 is 10.7. The number of nitrogens with zero attached hydrogens (tertiary/aromatic N) is 1. The van der Waals surface area contributed by atoms with Crippen LogP contribution in [0.5, 0.6) is 0 Å². The second-order valence-electron chi connectivity index (χ2n) is 2.97. The number of H-pyrrole nitrogens is 1. The maximum Gasteiger partial charge on any atom is 0.200 e. The molecule has 74 valence electrons. The molecule has 1 aromatic heterocycles. The number of rotatable bonds is 5. The second kappa shape index (κ2) is 5.01. The first-order valence-electron chi connectivity index (χ1n) is 4.24. The number of nitrogens with one attached hydrogen (secondary N) is 2. The number of hydrogen-bond acceptors (Lipinski definition) is 3. The molecular formula is C8H15N3OS. The van der Waals surface area contributed by atoms with Crippen LogP contribution in [-0.4, -0.2) is 32.7 Å². The molecule has 1 rings (SSSR count). The van der Waals surface area contributed by atoms with Crippen LogP contribution in [0, 0.1) is 6.92 Å². The summed E-state index contributed by atoms with van der Waals surface area (Å²) in [6.07, 6.45) is 4.40. The van der Waals surface area contributed by atoms with Crippen LogP contribution >= 0.6 is 0 Å². The lowest BCUT2D eigenvalue weighted by atomic mass is 10.5. The summed E-state index contributed by atoms with van der Waals surface area (Å²) in [5.41, 5.74) is 1.04. The average Bonchev–Trinajstić information content (AvgIpc) is 2.45. The first-order valence-corrected chi connectivity index (χ1v) is 5.96. The van der Waals surface area contributed by atoms with E-state index in [1.54, 1.807) is 12.5 Å². The zero-order valence-electron chi connectivity index (χ0n) is 7.96. The molecule has 0 bridgehead atoms. The molecule has 0 aliphatic carbocycles. The summed E-state index contributed by atoms with van der Waals surface area (Å²) in [7, 11) is -0.689. The monoisotopic (exact) mass is 201 g/mol. The Balaban J connectivity index is 2.16. The Morgan fingerprint density at radius 2 is 2.46 bits per heavy atom. The van der Waals surface area contributed by atoms with Crippen LogP contribution in [-0.2, 0) is 10.8 Å². The standard InChI is InChI=1S/C8H15N3OS/c1-7-6-10-8(11-7)9-4-3-5-13(2)12/h6H,3-5H2,1-2H3,(H2,9,10,11). The Hall–Kier alpha value is -0.840. The van der Waals surface area contributed by atoms with Gasteiger partial charge in [-0.25, -0.2) is 4.98 Å². The van der Waals surface area contributed by atoms with E-state index in [-0.39, 0.29) is 0 Å². The molecule has 5 heteroatoms. The first kappa shape index (κ1) is 10.2. The van der Waals surface area contributed by atoms with Crippen molar-refractivity contribution in [1.82, 2.24) is 9.97 Å². The van der Waals surface area contributed by atoms with E-state index in [1.807, 2.05) is 6.92 Å². The predicted octanol–water partition coefficient (Wildman–Crippen LogP) is 0.899. The summed E-state index contributed by atoms with van der Waals surface area (Å²) in [6.45, 7) is 2.77. The van der Waals surface area contributed by atoms with Crippen molar-refractivity contribution < 1.29 is 4.21 Å². The molecule has 0 radical (unpaired) electrons. The largest absolute Gasteiger partial charge is 0.356 e. The lowest BCUT2D eigenvalue weighted by molar-refractivity contribution is 0.685. The van der Waals surface area contributed by atoms with Crippen molar-refractivity contribution in [3.8, 4) is 0 Å². The maximum absolute atomic E-state index is 10.7. The molecule has 4 nitrogen and oxygen atoms in total. The van der Waals surface area contributed by atoms with Crippen molar-refractivity contribution in [3.63, 3.8) is 0 Å². The van der Waals surface area contributed by atoms with Gasteiger partial charge in [0.25, 0.3) is 0 Å². The third kappa shape index (κ3) is 4.07. The summed E-state index contributed by atoms with van der Waals surface area (Å²) >= 11 is 0. The molecule has 0 saturated heterocycles. The normalized spacial score (nSPS) is 12.8. The second-order valence-corrected chi connectivity index (χ2v) is 4.53. The Kier molecular flexibility index (Phi) is 3.95. The number of imidazole rings is 1. The van der Waals surface area contributed by atoms with Crippen molar-refractivity contribution >= 4 is 16.7 Å². The van der Waals surface area contributed by atoms with E-state index in [2.05, 4.69) is 15.3 Å². The van der Waals surface area contributed by atoms with Gasteiger partial charge < -0.3 is 10.3 Å². The molecule has 2 N–H and O–H groups in total. The fourth-order valence-corrected chi connectivity index (χ4v) is 1.54. The average molecular weight is 201 g/mol. The molecule has 0 aliphatic rings. The fourth-order valence-electron chi connectivity index (χ4n) is 0.985. The first-order chi connectivity index (χ1) is 6.18. The molecule has 13 heavy (non-hydrogen) atoms. The molecule has 0 aliphatic heterocycles. The summed E-state index contributed by atoms with van der Waals surface area (Å²) in [5, 5.41) is 3.12. The highest BCUT2D eigenvalue weighted by atomic mass is 32.2. The molecule has 1 atom stereocenters. The fraction of sp³-hybridized carbons (Fsp3) is 0.625. The van der Waals surface area contributed by atoms with Crippen molar-refractivity contribution in [2.24, 2.45) is 0 Å². The van der Waals surface area contributed by atoms with Crippen LogP contribution in [0.1, 0.15) is 12.1 Å². The van der Waals surface area contributed by atoms with Gasteiger partial charge in [0.1, 0.15) is 0 Å². The van der Waals surface area contributed by atoms with Gasteiger partial charge in [-0.15, -0.1) is 0 Å². The number of aromatic nitrogens is 2. The zero-order valence-corrected chi connectivity index (χ0v) is 8.78. The van der Waals surface area contributed by atoms with Gasteiger partial charge >= 0.3 is 0 Å². The lowest BCUT2D eigenvalue weighted by Crippen LogP contribution is -2.06. The summed E-state index contributed by atoms with van der Waals surface area (Å²) in [6, 6.07) is 0. The lowest BCUT2D eigenvalue weighted by Gasteiger charge is -2.00. The van der Waals surface area contributed by atoms with E-state index >= 15 is 0 Å². The van der Waals surface area contributed by atoms with E-state index in [9.17, 15) is 4.21 Å². The topological polar surface area (TPSA) is 57.8 Å². The predicted molar refractivity (Wildman–Crippen MR) is 55.4 cm³/mol. The highest BCUT2D eigenvalue weighted by Gasteiger charge is 1.95. The highest BCUT2D eigenvalue weighted by Crippen LogP contribution is 1.99. The molecule has 1 aromatic rings. The third-order valence-electron chi connectivity index (χ3n) is 1.60. The summed E-state index contributed by atoms with van der Waals surface area (Å²) in [4.78, 5) is 7.16. The van der Waals surface area contributed by atoms with Gasteiger partial charge in [-0.2, -0.15) is 0 Å². The van der Waals surface area contributed by atoms with Gasteiger partial charge in [-0.1, -0.05) is 0 Å². The minimum atomic E-state index is -0.689. The summed E-state index contributed by atoms with van der Waals surface area (Å²) in [5.74, 6) is 1.53. The van der Waals surface area contributed by atoms with E-state index in [1.165, 1.54) is 0 Å². The molecule has 0 spiro atoms. The van der Waals surface area contributed by atoms with Gasteiger partial charge in [0.2, 0.25) is 0 Å². The molecule has 0 amide bonds. The number of anilines is 1. The number of aryl methyl sites for hydroxylation is 1. The van der Waals surface area contributed by atoms with Crippen molar-refractivity contribution in [3.05, 3.63) is 11.9 Å². The molecule has 0 saturated carbocycles. The Morgan fingerprint density at radius 3 is 3.00 bits per heavy atom. The maximum atomic E-state index is 10.7. The smallest absolute Gasteiger partial charge is 0.200 e. The van der Waals surface area contributed by atoms with E-state index in [0.717, 1.165) is 30.4 Å². The Morgan fingerprint density at radius 1 is 1.69 bits per heavy atom. The van der Waals surface area contributed by atoms with Gasteiger partial charge in [-0.3, -0.25) is 4.21 Å². The Bertz CT molecular complexity index is 285. The van der Waals surface area contributed by atoms with Crippen molar-refractivity contribution in [2.75, 3.05) is 23.9 Å². The SMILES string of the molecule is Cc1cnc(NCCCS(C)=O)[nH]1. The van der Waals surface area contributed by atoms with E-state index in [0.29, 0.717) is 0 Å². The van der Waals surface area contributed by atoms with Crippen LogP contribution in [0.3, 0.4) is 0 Å². The van der Waals surface area contributed by atoms with E-state index < -0.39 is 10.8 Å². The van der Waals surface area contributed by atoms with Crippen LogP contribution in [0.25, 0.3) is 0 Å². The van der Waals surface area contributed by atoms with Gasteiger partial charge in [-0.05, 0) is 13.3 Å². The van der Waals surface area contributed by atoms with Crippen molar-refractivity contribution in [1.29, 1.82) is 0 Å². The zero-order chi connectivity index (χ0) is 9.68.